The highest BCUT2D eigenvalue weighted by Crippen LogP contribution is 2.18. The van der Waals surface area contributed by atoms with Gasteiger partial charge in [0.15, 0.2) is 11.5 Å². The first-order valence-electron chi connectivity index (χ1n) is 6.95. The molecule has 0 spiro atoms. The zero-order chi connectivity index (χ0) is 15.0. The lowest BCUT2D eigenvalue weighted by Gasteiger charge is -2.20. The number of oxazole rings is 1. The number of hydrogen-bond donors (Lipinski definition) is 0. The van der Waals surface area contributed by atoms with Crippen LogP contribution in [-0.4, -0.2) is 53.3 Å². The first kappa shape index (κ1) is 13.6. The second-order valence-corrected chi connectivity index (χ2v) is 5.27. The van der Waals surface area contributed by atoms with Gasteiger partial charge >= 0.3 is 0 Å². The third-order valence-corrected chi connectivity index (χ3v) is 3.76. The molecule has 1 aromatic heterocycles. The first-order valence-corrected chi connectivity index (χ1v) is 6.95. The molecule has 1 aliphatic heterocycles. The standard InChI is InChI=1S/C15H17N3O3/c1-10-16-12-4-3-11(9-13(12)21-10)15(20)18-6-5-14(19)17(2)7-8-18/h3-4,9H,5-8H2,1-2H3. The van der Waals surface area contributed by atoms with E-state index in [-0.39, 0.29) is 11.8 Å². The van der Waals surface area contributed by atoms with Crippen LogP contribution in [0.2, 0.25) is 0 Å². The molecule has 1 saturated heterocycles. The molecule has 2 aromatic rings. The van der Waals surface area contributed by atoms with Crippen molar-refractivity contribution in [2.75, 3.05) is 26.7 Å². The quantitative estimate of drug-likeness (QED) is 0.796. The average molecular weight is 287 g/mol. The largest absolute Gasteiger partial charge is 0.441 e. The highest BCUT2D eigenvalue weighted by Gasteiger charge is 2.23. The number of carbonyl (C=O) groups is 2. The summed E-state index contributed by atoms with van der Waals surface area (Å²) in [5, 5.41) is 0. The predicted molar refractivity (Wildman–Crippen MR) is 76.9 cm³/mol. The van der Waals surface area contributed by atoms with Crippen molar-refractivity contribution in [1.82, 2.24) is 14.8 Å². The second kappa shape index (κ2) is 5.20. The van der Waals surface area contributed by atoms with Crippen molar-refractivity contribution >= 4 is 22.9 Å². The summed E-state index contributed by atoms with van der Waals surface area (Å²) < 4.78 is 5.46. The van der Waals surface area contributed by atoms with Crippen LogP contribution in [0, 0.1) is 6.92 Å². The molecule has 2 heterocycles. The molecule has 0 N–H and O–H groups in total. The van der Waals surface area contributed by atoms with E-state index in [9.17, 15) is 9.59 Å². The molecule has 1 aromatic carbocycles. The van der Waals surface area contributed by atoms with Gasteiger partial charge in [-0.3, -0.25) is 9.59 Å². The number of nitrogens with zero attached hydrogens (tertiary/aromatic N) is 3. The summed E-state index contributed by atoms with van der Waals surface area (Å²) in [5.41, 5.74) is 1.92. The third-order valence-electron chi connectivity index (χ3n) is 3.76. The number of fused-ring (bicyclic) bond motifs is 1. The van der Waals surface area contributed by atoms with Gasteiger partial charge in [0.1, 0.15) is 5.52 Å². The number of aryl methyl sites for hydroxylation is 1. The highest BCUT2D eigenvalue weighted by molar-refractivity contribution is 5.97. The van der Waals surface area contributed by atoms with Gasteiger partial charge < -0.3 is 14.2 Å². The maximum absolute atomic E-state index is 12.6. The van der Waals surface area contributed by atoms with Gasteiger partial charge in [-0.15, -0.1) is 0 Å². The predicted octanol–water partition coefficient (Wildman–Crippen LogP) is 1.44. The molecule has 6 nitrogen and oxygen atoms in total. The molecular formula is C15H17N3O3. The van der Waals surface area contributed by atoms with E-state index in [0.29, 0.717) is 43.1 Å². The smallest absolute Gasteiger partial charge is 0.254 e. The van der Waals surface area contributed by atoms with E-state index in [1.807, 2.05) is 0 Å². The molecule has 0 atom stereocenters. The van der Waals surface area contributed by atoms with Gasteiger partial charge in [-0.05, 0) is 18.2 Å². The topological polar surface area (TPSA) is 66.7 Å². The number of aromatic nitrogens is 1. The molecule has 0 bridgehead atoms. The van der Waals surface area contributed by atoms with Gasteiger partial charge in [-0.1, -0.05) is 0 Å². The fraction of sp³-hybridized carbons (Fsp3) is 0.400. The number of benzene rings is 1. The second-order valence-electron chi connectivity index (χ2n) is 5.27. The lowest BCUT2D eigenvalue weighted by atomic mass is 10.1. The number of amides is 2. The Balaban J connectivity index is 1.84. The molecule has 3 rings (SSSR count). The van der Waals surface area contributed by atoms with Crippen molar-refractivity contribution in [2.45, 2.75) is 13.3 Å². The Hall–Kier alpha value is -2.37. The van der Waals surface area contributed by atoms with Crippen LogP contribution in [-0.2, 0) is 4.79 Å². The Bertz CT molecular complexity index is 707. The molecule has 1 fully saturated rings. The lowest BCUT2D eigenvalue weighted by molar-refractivity contribution is -0.129. The Kier molecular flexibility index (Phi) is 3.37. The van der Waals surface area contributed by atoms with E-state index in [1.54, 1.807) is 42.0 Å². The molecule has 2 amide bonds. The number of carbonyl (C=O) groups excluding carboxylic acids is 2. The van der Waals surface area contributed by atoms with Crippen LogP contribution in [0.5, 0.6) is 0 Å². The Morgan fingerprint density at radius 2 is 2.10 bits per heavy atom. The van der Waals surface area contributed by atoms with Gasteiger partial charge in [0, 0.05) is 45.6 Å². The normalized spacial score (nSPS) is 16.4. The SMILES string of the molecule is Cc1nc2ccc(C(=O)N3CCC(=O)N(C)CC3)cc2o1. The third kappa shape index (κ3) is 2.61. The maximum Gasteiger partial charge on any atom is 0.254 e. The van der Waals surface area contributed by atoms with Crippen molar-refractivity contribution < 1.29 is 14.0 Å². The molecule has 1 aliphatic rings. The monoisotopic (exact) mass is 287 g/mol. The number of hydrogen-bond acceptors (Lipinski definition) is 4. The molecule has 21 heavy (non-hydrogen) atoms. The summed E-state index contributed by atoms with van der Waals surface area (Å²) in [6.45, 7) is 3.34. The molecule has 6 heteroatoms. The van der Waals surface area contributed by atoms with Crippen LogP contribution in [0.3, 0.4) is 0 Å². The van der Waals surface area contributed by atoms with E-state index < -0.39 is 0 Å². The van der Waals surface area contributed by atoms with Crippen LogP contribution in [0.1, 0.15) is 22.7 Å². The molecule has 0 aliphatic carbocycles. The summed E-state index contributed by atoms with van der Waals surface area (Å²) in [7, 11) is 1.76. The lowest BCUT2D eigenvalue weighted by Crippen LogP contribution is -2.34. The van der Waals surface area contributed by atoms with Crippen LogP contribution < -0.4 is 0 Å². The van der Waals surface area contributed by atoms with Crippen LogP contribution in [0.25, 0.3) is 11.1 Å². The van der Waals surface area contributed by atoms with Crippen molar-refractivity contribution in [2.24, 2.45) is 0 Å². The Morgan fingerprint density at radius 3 is 2.90 bits per heavy atom. The summed E-state index contributed by atoms with van der Waals surface area (Å²) >= 11 is 0. The summed E-state index contributed by atoms with van der Waals surface area (Å²) in [6, 6.07) is 5.26. The van der Waals surface area contributed by atoms with Crippen molar-refractivity contribution in [3.05, 3.63) is 29.7 Å². The van der Waals surface area contributed by atoms with Gasteiger partial charge in [-0.2, -0.15) is 0 Å². The Morgan fingerprint density at radius 1 is 1.29 bits per heavy atom. The van der Waals surface area contributed by atoms with Crippen molar-refractivity contribution in [3.63, 3.8) is 0 Å². The van der Waals surface area contributed by atoms with Crippen molar-refractivity contribution in [1.29, 1.82) is 0 Å². The molecular weight excluding hydrogens is 270 g/mol. The molecule has 0 saturated carbocycles. The van der Waals surface area contributed by atoms with Gasteiger partial charge in [0.25, 0.3) is 5.91 Å². The minimum atomic E-state index is -0.0750. The zero-order valence-electron chi connectivity index (χ0n) is 12.1. The minimum Gasteiger partial charge on any atom is -0.441 e. The Labute approximate surface area is 122 Å². The summed E-state index contributed by atoms with van der Waals surface area (Å²) in [5.74, 6) is 0.581. The molecule has 110 valence electrons. The first-order chi connectivity index (χ1) is 10.0. The average Bonchev–Trinajstić information content (AvgIpc) is 2.76. The van der Waals surface area contributed by atoms with Crippen LogP contribution in [0.15, 0.2) is 22.6 Å². The minimum absolute atomic E-state index is 0.0750. The van der Waals surface area contributed by atoms with E-state index >= 15 is 0 Å². The number of rotatable bonds is 1. The highest BCUT2D eigenvalue weighted by atomic mass is 16.3. The molecule has 0 unspecified atom stereocenters. The van der Waals surface area contributed by atoms with E-state index in [1.165, 1.54) is 0 Å². The van der Waals surface area contributed by atoms with Crippen molar-refractivity contribution in [3.8, 4) is 0 Å². The maximum atomic E-state index is 12.6. The zero-order valence-corrected chi connectivity index (χ0v) is 12.1. The fourth-order valence-electron chi connectivity index (χ4n) is 2.49. The van der Waals surface area contributed by atoms with E-state index in [0.717, 1.165) is 5.52 Å². The van der Waals surface area contributed by atoms with Gasteiger partial charge in [-0.25, -0.2) is 4.98 Å². The van der Waals surface area contributed by atoms with Crippen LogP contribution >= 0.6 is 0 Å². The van der Waals surface area contributed by atoms with Gasteiger partial charge in [0.2, 0.25) is 5.91 Å². The van der Waals surface area contributed by atoms with E-state index in [4.69, 9.17) is 4.42 Å². The summed E-state index contributed by atoms with van der Waals surface area (Å²) in [4.78, 5) is 31.8. The fourth-order valence-corrected chi connectivity index (χ4v) is 2.49. The van der Waals surface area contributed by atoms with E-state index in [2.05, 4.69) is 4.98 Å². The van der Waals surface area contributed by atoms with Gasteiger partial charge in [0.05, 0.1) is 0 Å². The molecule has 0 radical (unpaired) electrons. The number of likely N-dealkylation sites (N-methyl/N-ethyl adjacent to an activating group) is 1. The summed E-state index contributed by atoms with van der Waals surface area (Å²) in [6.07, 6.45) is 0.367. The van der Waals surface area contributed by atoms with Crippen LogP contribution in [0.4, 0.5) is 0 Å².